The van der Waals surface area contributed by atoms with Gasteiger partial charge in [0.2, 0.25) is 0 Å². The van der Waals surface area contributed by atoms with Crippen LogP contribution in [0.25, 0.3) is 0 Å². The zero-order valence-corrected chi connectivity index (χ0v) is 11.7. The quantitative estimate of drug-likeness (QED) is 0.710. The van der Waals surface area contributed by atoms with Crippen molar-refractivity contribution < 1.29 is 32.1 Å². The molecule has 9 heteroatoms. The topological polar surface area (TPSA) is 56.5 Å². The van der Waals surface area contributed by atoms with Gasteiger partial charge >= 0.3 is 12.3 Å². The third-order valence-electron chi connectivity index (χ3n) is 2.71. The molecule has 1 aromatic rings. The minimum absolute atomic E-state index is 0.264. The Morgan fingerprint density at radius 3 is 2.62 bits per heavy atom. The van der Waals surface area contributed by atoms with Crippen LogP contribution < -0.4 is 4.74 Å². The number of aromatic nitrogens is 2. The number of nitrogens with zero attached hydrogens (tertiary/aromatic N) is 2. The molecular formula is C12H18F4N2O3. The van der Waals surface area contributed by atoms with Crippen LogP contribution >= 0.6 is 0 Å². The highest BCUT2D eigenvalue weighted by Crippen LogP contribution is 2.27. The molecule has 0 radical (unpaired) electrons. The molecule has 1 heterocycles. The third-order valence-corrected chi connectivity index (χ3v) is 2.71. The second-order valence-corrected chi connectivity index (χ2v) is 4.41. The van der Waals surface area contributed by atoms with Gasteiger partial charge in [-0.25, -0.2) is 8.78 Å². The van der Waals surface area contributed by atoms with Crippen LogP contribution in [0.5, 0.6) is 5.75 Å². The molecule has 1 aromatic heterocycles. The van der Waals surface area contributed by atoms with Crippen LogP contribution in [0.3, 0.4) is 0 Å². The smallest absolute Gasteiger partial charge is 0.330 e. The molecule has 0 aliphatic rings. The predicted molar refractivity (Wildman–Crippen MR) is 65.8 cm³/mol. The fourth-order valence-electron chi connectivity index (χ4n) is 1.71. The Bertz CT molecular complexity index is 440. The number of alkyl halides is 4. The monoisotopic (exact) mass is 314 g/mol. The van der Waals surface area contributed by atoms with Crippen molar-refractivity contribution in [2.45, 2.75) is 38.3 Å². The van der Waals surface area contributed by atoms with Crippen molar-refractivity contribution in [1.29, 1.82) is 0 Å². The first-order valence-electron chi connectivity index (χ1n) is 6.35. The molecule has 0 amide bonds. The van der Waals surface area contributed by atoms with E-state index >= 15 is 0 Å². The fraction of sp³-hybridized carbons (Fsp3) is 0.750. The molecule has 0 aliphatic carbocycles. The standard InChI is InChI=1S/C12H18F4N2O3/c1-3-4-18-10(9(20-2)5-17-18)8(19)6-21-7-12(15,16)11(13)14/h5,8,11,19H,3-4,6-7H2,1-2H3. The van der Waals surface area contributed by atoms with Crippen molar-refractivity contribution in [1.82, 2.24) is 9.78 Å². The largest absolute Gasteiger partial charge is 0.493 e. The summed E-state index contributed by atoms with van der Waals surface area (Å²) >= 11 is 0. The van der Waals surface area contributed by atoms with E-state index in [-0.39, 0.29) is 11.4 Å². The van der Waals surface area contributed by atoms with Crippen molar-refractivity contribution in [3.8, 4) is 5.75 Å². The molecule has 1 N–H and O–H groups in total. The molecular weight excluding hydrogens is 296 g/mol. The summed E-state index contributed by atoms with van der Waals surface area (Å²) in [5, 5.41) is 14.0. The molecule has 0 aliphatic heterocycles. The van der Waals surface area contributed by atoms with E-state index in [2.05, 4.69) is 9.84 Å². The van der Waals surface area contributed by atoms with Crippen molar-refractivity contribution in [3.05, 3.63) is 11.9 Å². The summed E-state index contributed by atoms with van der Waals surface area (Å²) in [5.74, 6) is -3.96. The molecule has 1 unspecified atom stereocenters. The molecule has 0 fully saturated rings. The van der Waals surface area contributed by atoms with Crippen LogP contribution in [0.15, 0.2) is 6.20 Å². The van der Waals surface area contributed by atoms with E-state index in [0.29, 0.717) is 6.54 Å². The minimum atomic E-state index is -4.24. The molecule has 21 heavy (non-hydrogen) atoms. The van der Waals surface area contributed by atoms with Gasteiger partial charge in [-0.1, -0.05) is 6.92 Å². The Balaban J connectivity index is 2.67. The number of hydrogen-bond acceptors (Lipinski definition) is 4. The zero-order chi connectivity index (χ0) is 16.0. The lowest BCUT2D eigenvalue weighted by Crippen LogP contribution is -2.33. The third kappa shape index (κ3) is 4.57. The maximum absolute atomic E-state index is 12.7. The molecule has 0 bridgehead atoms. The Labute approximate surface area is 119 Å². The summed E-state index contributed by atoms with van der Waals surface area (Å²) in [7, 11) is 1.37. The van der Waals surface area contributed by atoms with Gasteiger partial charge in [-0.2, -0.15) is 13.9 Å². The number of aliphatic hydroxyl groups excluding tert-OH is 1. The minimum Gasteiger partial charge on any atom is -0.493 e. The van der Waals surface area contributed by atoms with Crippen LogP contribution in [0.1, 0.15) is 25.1 Å². The highest BCUT2D eigenvalue weighted by molar-refractivity contribution is 5.27. The van der Waals surface area contributed by atoms with Gasteiger partial charge in [-0.05, 0) is 6.42 Å². The summed E-state index contributed by atoms with van der Waals surface area (Å²) in [5.41, 5.74) is 0.264. The SMILES string of the molecule is CCCn1ncc(OC)c1C(O)COCC(F)(F)C(F)F. The average Bonchev–Trinajstić information content (AvgIpc) is 2.81. The molecule has 0 spiro atoms. The number of halogens is 4. The number of aryl methyl sites for hydroxylation is 1. The zero-order valence-electron chi connectivity index (χ0n) is 11.7. The summed E-state index contributed by atoms with van der Waals surface area (Å²) < 4.78 is 60.3. The highest BCUT2D eigenvalue weighted by Gasteiger charge is 2.41. The normalized spacial score (nSPS) is 13.7. The van der Waals surface area contributed by atoms with Crippen LogP contribution in [0.2, 0.25) is 0 Å². The van der Waals surface area contributed by atoms with Gasteiger partial charge in [0.1, 0.15) is 18.4 Å². The second-order valence-electron chi connectivity index (χ2n) is 4.41. The van der Waals surface area contributed by atoms with Gasteiger partial charge in [-0.3, -0.25) is 4.68 Å². The molecule has 1 atom stereocenters. The van der Waals surface area contributed by atoms with Crippen LogP contribution in [-0.2, 0) is 11.3 Å². The van der Waals surface area contributed by atoms with Crippen LogP contribution in [-0.4, -0.2) is 47.6 Å². The van der Waals surface area contributed by atoms with E-state index in [0.717, 1.165) is 6.42 Å². The fourth-order valence-corrected chi connectivity index (χ4v) is 1.71. The number of ether oxygens (including phenoxy) is 2. The maximum Gasteiger partial charge on any atom is 0.330 e. The van der Waals surface area contributed by atoms with E-state index in [1.165, 1.54) is 18.0 Å². The highest BCUT2D eigenvalue weighted by atomic mass is 19.3. The Hall–Kier alpha value is -1.35. The van der Waals surface area contributed by atoms with E-state index in [1.807, 2.05) is 6.92 Å². The Morgan fingerprint density at radius 2 is 2.10 bits per heavy atom. The van der Waals surface area contributed by atoms with Gasteiger partial charge in [0.05, 0.1) is 19.9 Å². The lowest BCUT2D eigenvalue weighted by atomic mass is 10.2. The van der Waals surface area contributed by atoms with Gasteiger partial charge in [0.15, 0.2) is 5.75 Å². The summed E-state index contributed by atoms with van der Waals surface area (Å²) in [6.45, 7) is 0.354. The van der Waals surface area contributed by atoms with Crippen molar-refractivity contribution in [3.63, 3.8) is 0 Å². The first-order valence-corrected chi connectivity index (χ1v) is 6.35. The first kappa shape index (κ1) is 17.7. The molecule has 122 valence electrons. The maximum atomic E-state index is 12.7. The van der Waals surface area contributed by atoms with Gasteiger partial charge < -0.3 is 14.6 Å². The summed E-state index contributed by atoms with van der Waals surface area (Å²) in [6.07, 6.45) is -3.01. The van der Waals surface area contributed by atoms with Gasteiger partial charge in [-0.15, -0.1) is 0 Å². The average molecular weight is 314 g/mol. The first-order chi connectivity index (χ1) is 9.83. The van der Waals surface area contributed by atoms with E-state index in [1.54, 1.807) is 0 Å². The lowest BCUT2D eigenvalue weighted by Gasteiger charge is -2.18. The van der Waals surface area contributed by atoms with Gasteiger partial charge in [0, 0.05) is 6.54 Å². The number of rotatable bonds is 9. The molecule has 0 aromatic carbocycles. The van der Waals surface area contributed by atoms with Gasteiger partial charge in [0.25, 0.3) is 0 Å². The van der Waals surface area contributed by atoms with Crippen molar-refractivity contribution in [2.24, 2.45) is 0 Å². The van der Waals surface area contributed by atoms with Crippen LogP contribution in [0, 0.1) is 0 Å². The Kier molecular flexibility index (Phi) is 6.41. The molecule has 0 saturated heterocycles. The van der Waals surface area contributed by atoms with Crippen LogP contribution in [0.4, 0.5) is 17.6 Å². The number of aliphatic hydroxyl groups is 1. The van der Waals surface area contributed by atoms with E-state index in [4.69, 9.17) is 4.74 Å². The van der Waals surface area contributed by atoms with E-state index < -0.39 is 31.7 Å². The summed E-state index contributed by atoms with van der Waals surface area (Å²) in [6, 6.07) is 0. The summed E-state index contributed by atoms with van der Waals surface area (Å²) in [4.78, 5) is 0. The molecule has 0 saturated carbocycles. The second kappa shape index (κ2) is 7.60. The lowest BCUT2D eigenvalue weighted by molar-refractivity contribution is -0.171. The predicted octanol–water partition coefficient (Wildman–Crippen LogP) is 2.25. The Morgan fingerprint density at radius 1 is 1.43 bits per heavy atom. The van der Waals surface area contributed by atoms with Crippen molar-refractivity contribution in [2.75, 3.05) is 20.3 Å². The van der Waals surface area contributed by atoms with Crippen molar-refractivity contribution >= 4 is 0 Å². The molecule has 1 rings (SSSR count). The number of methoxy groups -OCH3 is 1. The van der Waals surface area contributed by atoms with E-state index in [9.17, 15) is 22.7 Å². The molecule has 5 nitrogen and oxygen atoms in total. The number of hydrogen-bond donors (Lipinski definition) is 1.